The molecule has 1 unspecified atom stereocenters. The third kappa shape index (κ3) is 2.96. The van der Waals surface area contributed by atoms with Gasteiger partial charge >= 0.3 is 0 Å². The molecule has 2 fully saturated rings. The molecule has 2 aliphatic rings. The molecule has 1 amide bonds. The number of H-pyrrole nitrogens is 1. The van der Waals surface area contributed by atoms with Gasteiger partial charge < -0.3 is 15.2 Å². The van der Waals surface area contributed by atoms with Crippen molar-refractivity contribution in [2.24, 2.45) is 0 Å². The largest absolute Gasteiger partial charge is 0.348 e. The van der Waals surface area contributed by atoms with E-state index in [1.807, 2.05) is 11.1 Å². The minimum absolute atomic E-state index is 0.0663. The van der Waals surface area contributed by atoms with Gasteiger partial charge in [-0.25, -0.2) is 4.98 Å². The van der Waals surface area contributed by atoms with Crippen molar-refractivity contribution in [3.63, 3.8) is 0 Å². The van der Waals surface area contributed by atoms with E-state index in [1.165, 1.54) is 0 Å². The highest BCUT2D eigenvalue weighted by molar-refractivity contribution is 5.82. The molecule has 2 aliphatic heterocycles. The lowest BCUT2D eigenvalue weighted by atomic mass is 10.2. The smallest absolute Gasteiger partial charge is 0.239 e. The molecule has 0 aliphatic carbocycles. The number of hydrogen-bond acceptors (Lipinski definition) is 4. The third-order valence-electron chi connectivity index (χ3n) is 3.97. The molecule has 3 heterocycles. The zero-order chi connectivity index (χ0) is 13.1. The van der Waals surface area contributed by atoms with Gasteiger partial charge in [-0.15, -0.1) is 0 Å². The first-order valence-electron chi connectivity index (χ1n) is 7.06. The van der Waals surface area contributed by atoms with E-state index in [0.717, 1.165) is 57.9 Å². The summed E-state index contributed by atoms with van der Waals surface area (Å²) in [6, 6.07) is 0.0663. The van der Waals surface area contributed by atoms with Crippen molar-refractivity contribution in [3.8, 4) is 0 Å². The number of imidazole rings is 1. The van der Waals surface area contributed by atoms with E-state index in [9.17, 15) is 4.79 Å². The maximum atomic E-state index is 12.3. The summed E-state index contributed by atoms with van der Waals surface area (Å²) in [5, 5.41) is 3.28. The standard InChI is InChI=1S/C13H21N5O/c19-13(11-2-1-3-14-11)18-8-6-17(7-9-18)10-12-15-4-5-16-12/h4-5,11,14H,1-3,6-10H2,(H,15,16). The summed E-state index contributed by atoms with van der Waals surface area (Å²) >= 11 is 0. The van der Waals surface area contributed by atoms with Crippen LogP contribution in [0.5, 0.6) is 0 Å². The molecule has 1 atom stereocenters. The maximum absolute atomic E-state index is 12.3. The fourth-order valence-electron chi connectivity index (χ4n) is 2.84. The number of nitrogens with zero attached hydrogens (tertiary/aromatic N) is 3. The quantitative estimate of drug-likeness (QED) is 0.793. The Morgan fingerprint density at radius 2 is 2.21 bits per heavy atom. The zero-order valence-corrected chi connectivity index (χ0v) is 11.1. The van der Waals surface area contributed by atoms with Crippen molar-refractivity contribution >= 4 is 5.91 Å². The van der Waals surface area contributed by atoms with Crippen LogP contribution in [0, 0.1) is 0 Å². The highest BCUT2D eigenvalue weighted by Gasteiger charge is 2.29. The van der Waals surface area contributed by atoms with E-state index in [0.29, 0.717) is 0 Å². The average molecular weight is 263 g/mol. The summed E-state index contributed by atoms with van der Waals surface area (Å²) in [6.07, 6.45) is 5.74. The van der Waals surface area contributed by atoms with Crippen molar-refractivity contribution < 1.29 is 4.79 Å². The summed E-state index contributed by atoms with van der Waals surface area (Å²) in [5.74, 6) is 1.28. The van der Waals surface area contributed by atoms with E-state index in [2.05, 4.69) is 20.2 Å². The lowest BCUT2D eigenvalue weighted by molar-refractivity contribution is -0.134. The van der Waals surface area contributed by atoms with E-state index in [4.69, 9.17) is 0 Å². The van der Waals surface area contributed by atoms with Crippen LogP contribution in [0.15, 0.2) is 12.4 Å². The van der Waals surface area contributed by atoms with Gasteiger partial charge in [0.25, 0.3) is 0 Å². The van der Waals surface area contributed by atoms with Gasteiger partial charge in [-0.1, -0.05) is 0 Å². The summed E-state index contributed by atoms with van der Waals surface area (Å²) in [5.41, 5.74) is 0. The fraction of sp³-hybridized carbons (Fsp3) is 0.692. The molecule has 0 spiro atoms. The number of aromatic amines is 1. The number of piperazine rings is 1. The second kappa shape index (κ2) is 5.71. The van der Waals surface area contributed by atoms with Crippen LogP contribution >= 0.6 is 0 Å². The van der Waals surface area contributed by atoms with Gasteiger partial charge in [0.05, 0.1) is 12.6 Å². The summed E-state index contributed by atoms with van der Waals surface area (Å²) in [6.45, 7) is 5.35. The lowest BCUT2D eigenvalue weighted by Crippen LogP contribution is -2.52. The molecule has 3 rings (SSSR count). The van der Waals surface area contributed by atoms with Crippen LogP contribution in [0.3, 0.4) is 0 Å². The Balaban J connectivity index is 1.47. The predicted octanol–water partition coefficient (Wildman–Crippen LogP) is -0.194. The number of nitrogens with one attached hydrogen (secondary N) is 2. The van der Waals surface area contributed by atoms with Gasteiger partial charge in [0, 0.05) is 38.6 Å². The summed E-state index contributed by atoms with van der Waals surface area (Å²) in [4.78, 5) is 23.9. The minimum atomic E-state index is 0.0663. The zero-order valence-electron chi connectivity index (χ0n) is 11.1. The SMILES string of the molecule is O=C(C1CCCN1)N1CCN(Cc2ncc[nH]2)CC1. The van der Waals surface area contributed by atoms with Gasteiger partial charge in [0.1, 0.15) is 5.82 Å². The molecule has 2 N–H and O–H groups in total. The monoisotopic (exact) mass is 263 g/mol. The van der Waals surface area contributed by atoms with E-state index in [-0.39, 0.29) is 11.9 Å². The highest BCUT2D eigenvalue weighted by Crippen LogP contribution is 2.11. The van der Waals surface area contributed by atoms with E-state index >= 15 is 0 Å². The maximum Gasteiger partial charge on any atom is 0.239 e. The fourth-order valence-corrected chi connectivity index (χ4v) is 2.84. The van der Waals surface area contributed by atoms with Crippen molar-refractivity contribution in [1.29, 1.82) is 0 Å². The molecule has 0 bridgehead atoms. The normalized spacial score (nSPS) is 24.8. The van der Waals surface area contributed by atoms with E-state index in [1.54, 1.807) is 6.20 Å². The Morgan fingerprint density at radius 3 is 2.84 bits per heavy atom. The number of carbonyl (C=O) groups is 1. The molecule has 104 valence electrons. The van der Waals surface area contributed by atoms with Gasteiger partial charge in [0.2, 0.25) is 5.91 Å². The van der Waals surface area contributed by atoms with Crippen molar-refractivity contribution in [3.05, 3.63) is 18.2 Å². The first kappa shape index (κ1) is 12.6. The molecule has 6 heteroatoms. The molecule has 2 saturated heterocycles. The molecule has 19 heavy (non-hydrogen) atoms. The Kier molecular flexibility index (Phi) is 3.79. The number of rotatable bonds is 3. The lowest BCUT2D eigenvalue weighted by Gasteiger charge is -2.35. The molecular weight excluding hydrogens is 242 g/mol. The average Bonchev–Trinajstić information content (AvgIpc) is 3.12. The third-order valence-corrected chi connectivity index (χ3v) is 3.97. The van der Waals surface area contributed by atoms with Crippen LogP contribution in [0.4, 0.5) is 0 Å². The molecular formula is C13H21N5O. The molecule has 0 saturated carbocycles. The molecule has 1 aromatic heterocycles. The van der Waals surface area contributed by atoms with E-state index < -0.39 is 0 Å². The molecule has 0 aromatic carbocycles. The number of aromatic nitrogens is 2. The van der Waals surface area contributed by atoms with Crippen molar-refractivity contribution in [2.75, 3.05) is 32.7 Å². The number of carbonyl (C=O) groups excluding carboxylic acids is 1. The summed E-state index contributed by atoms with van der Waals surface area (Å²) in [7, 11) is 0. The molecule has 0 radical (unpaired) electrons. The topological polar surface area (TPSA) is 64.3 Å². The van der Waals surface area contributed by atoms with Crippen molar-refractivity contribution in [1.82, 2.24) is 25.1 Å². The number of amides is 1. The van der Waals surface area contributed by atoms with Crippen molar-refractivity contribution in [2.45, 2.75) is 25.4 Å². The molecule has 1 aromatic rings. The van der Waals surface area contributed by atoms with Crippen LogP contribution in [-0.4, -0.2) is 64.4 Å². The Hall–Kier alpha value is -1.40. The van der Waals surface area contributed by atoms with Gasteiger partial charge in [-0.2, -0.15) is 0 Å². The van der Waals surface area contributed by atoms with Crippen LogP contribution in [0.1, 0.15) is 18.7 Å². The molecule has 6 nitrogen and oxygen atoms in total. The Morgan fingerprint density at radius 1 is 1.37 bits per heavy atom. The number of hydrogen-bond donors (Lipinski definition) is 2. The first-order chi connectivity index (χ1) is 9.33. The predicted molar refractivity (Wildman–Crippen MR) is 71.5 cm³/mol. The van der Waals surface area contributed by atoms with Crippen LogP contribution < -0.4 is 5.32 Å². The van der Waals surface area contributed by atoms with Gasteiger partial charge in [-0.05, 0) is 19.4 Å². The Bertz CT molecular complexity index is 405. The highest BCUT2D eigenvalue weighted by atomic mass is 16.2. The van der Waals surface area contributed by atoms with Crippen LogP contribution in [0.2, 0.25) is 0 Å². The Labute approximate surface area is 113 Å². The second-order valence-electron chi connectivity index (χ2n) is 5.29. The summed E-state index contributed by atoms with van der Waals surface area (Å²) < 4.78 is 0. The first-order valence-corrected chi connectivity index (χ1v) is 7.06. The van der Waals surface area contributed by atoms with Crippen LogP contribution in [-0.2, 0) is 11.3 Å². The second-order valence-corrected chi connectivity index (χ2v) is 5.29. The minimum Gasteiger partial charge on any atom is -0.348 e. The van der Waals surface area contributed by atoms with Crippen LogP contribution in [0.25, 0.3) is 0 Å². The van der Waals surface area contributed by atoms with Gasteiger partial charge in [0.15, 0.2) is 0 Å². The van der Waals surface area contributed by atoms with Gasteiger partial charge in [-0.3, -0.25) is 9.69 Å².